The van der Waals surface area contributed by atoms with E-state index in [0.717, 1.165) is 154 Å². The summed E-state index contributed by atoms with van der Waals surface area (Å²) in [5.74, 6) is -1.60. The summed E-state index contributed by atoms with van der Waals surface area (Å²) in [6, 6.07) is 0. The molecule has 0 spiro atoms. The number of rotatable bonds is 64. The van der Waals surface area contributed by atoms with Crippen LogP contribution in [0.1, 0.15) is 278 Å². The summed E-state index contributed by atoms with van der Waals surface area (Å²) in [7, 11) is -9.78. The van der Waals surface area contributed by atoms with Gasteiger partial charge < -0.3 is 34.2 Å². The fourth-order valence-corrected chi connectivity index (χ4v) is 10.5. The molecule has 0 fully saturated rings. The van der Waals surface area contributed by atoms with Crippen LogP contribution < -0.4 is 0 Å². The summed E-state index contributed by atoms with van der Waals surface area (Å²) in [6.07, 6.45) is 66.3. The highest BCUT2D eigenvalue weighted by Gasteiger charge is 2.29. The van der Waals surface area contributed by atoms with Crippen LogP contribution in [0.15, 0.2) is 85.1 Å². The lowest BCUT2D eigenvalue weighted by Gasteiger charge is -2.21. The number of ether oxygens (including phenoxy) is 3. The van der Waals surface area contributed by atoms with E-state index in [2.05, 4.69) is 106 Å². The van der Waals surface area contributed by atoms with Crippen molar-refractivity contribution in [2.45, 2.75) is 296 Å². The Hall–Kier alpha value is -3.27. The van der Waals surface area contributed by atoms with Crippen LogP contribution in [-0.2, 0) is 55.8 Å². The van der Waals surface area contributed by atoms with Crippen molar-refractivity contribution in [1.82, 2.24) is 0 Å². The number of aliphatic hydroxyl groups excluding tert-OH is 2. The van der Waals surface area contributed by atoms with E-state index in [9.17, 15) is 43.5 Å². The standard InChI is InChI=1S/C69H122O16P2/c1-4-7-10-13-16-19-22-25-28-30-31-33-36-37-40-43-46-49-52-55-67(72)79-58-64(70)59-81-86(75,76)82-60-65(71)61-83-87(77,78)84-63-66(85-69(74)57-54-51-48-45-42-39-34-27-24-21-18-15-12-9-6-3)62-80-68(73)56-53-50-47-44-41-38-35-32-29-26-23-20-17-14-11-8-5-2/h8,11,16-17,19-20,25-29,31,33-34,64-66,70-71H,4-7,9-10,12-15,18,21-24,30,32,35-63H2,1-3H3,(H,75,76)(H,77,78)/b11-8-,19-16-,20-17-,28-25-,29-26-,33-31-,34-27-. The normalized spacial score (nSPS) is 14.8. The van der Waals surface area contributed by atoms with Crippen LogP contribution in [0.25, 0.3) is 0 Å². The molecule has 0 aliphatic rings. The molecule has 0 radical (unpaired) electrons. The maximum atomic E-state index is 12.9. The zero-order chi connectivity index (χ0) is 63.8. The Balaban J connectivity index is 4.68. The van der Waals surface area contributed by atoms with E-state index in [0.29, 0.717) is 19.3 Å². The Labute approximate surface area is 527 Å². The van der Waals surface area contributed by atoms with Gasteiger partial charge in [-0.3, -0.25) is 32.5 Å². The molecular formula is C69H122O16P2. The Morgan fingerprint density at radius 2 is 0.609 bits per heavy atom. The summed E-state index contributed by atoms with van der Waals surface area (Å²) < 4.78 is 60.8. The number of esters is 3. The van der Waals surface area contributed by atoms with E-state index in [4.69, 9.17) is 32.3 Å². The predicted octanol–water partition coefficient (Wildman–Crippen LogP) is 18.5. The number of hydrogen-bond acceptors (Lipinski definition) is 14. The lowest BCUT2D eigenvalue weighted by atomic mass is 10.1. The molecule has 0 saturated carbocycles. The number of phosphoric ester groups is 2. The van der Waals surface area contributed by atoms with Gasteiger partial charge in [0, 0.05) is 19.3 Å². The first-order chi connectivity index (χ1) is 42.2. The molecule has 0 heterocycles. The van der Waals surface area contributed by atoms with Crippen molar-refractivity contribution < 1.29 is 75.8 Å². The van der Waals surface area contributed by atoms with Crippen LogP contribution in [0.5, 0.6) is 0 Å². The van der Waals surface area contributed by atoms with E-state index in [-0.39, 0.29) is 19.3 Å². The highest BCUT2D eigenvalue weighted by molar-refractivity contribution is 7.47. The molecule has 0 aliphatic carbocycles. The minimum atomic E-state index is -4.93. The minimum Gasteiger partial charge on any atom is -0.463 e. The first-order valence-electron chi connectivity index (χ1n) is 33.9. The topological polar surface area (TPSA) is 231 Å². The molecule has 0 aromatic rings. The molecule has 4 N–H and O–H groups in total. The largest absolute Gasteiger partial charge is 0.472 e. The van der Waals surface area contributed by atoms with Gasteiger partial charge in [0.05, 0.1) is 26.4 Å². The van der Waals surface area contributed by atoms with Crippen molar-refractivity contribution in [2.75, 3.05) is 39.6 Å². The molecule has 5 atom stereocenters. The maximum absolute atomic E-state index is 12.9. The first kappa shape index (κ1) is 83.7. The van der Waals surface area contributed by atoms with Crippen molar-refractivity contribution in [3.8, 4) is 0 Å². The van der Waals surface area contributed by atoms with Gasteiger partial charge in [-0.15, -0.1) is 0 Å². The highest BCUT2D eigenvalue weighted by Crippen LogP contribution is 2.45. The molecule has 87 heavy (non-hydrogen) atoms. The fourth-order valence-electron chi connectivity index (χ4n) is 8.88. The van der Waals surface area contributed by atoms with E-state index in [1.54, 1.807) is 0 Å². The molecule has 0 aliphatic heterocycles. The first-order valence-corrected chi connectivity index (χ1v) is 36.9. The molecule has 5 unspecified atom stereocenters. The number of carbonyl (C=O) groups is 3. The van der Waals surface area contributed by atoms with E-state index in [1.165, 1.54) is 64.2 Å². The molecule has 504 valence electrons. The Bertz CT molecular complexity index is 1930. The number of aliphatic hydroxyl groups is 2. The Morgan fingerprint density at radius 3 is 1.00 bits per heavy atom. The van der Waals surface area contributed by atoms with E-state index in [1.807, 2.05) is 0 Å². The monoisotopic (exact) mass is 1270 g/mol. The third-order valence-corrected chi connectivity index (χ3v) is 16.0. The second kappa shape index (κ2) is 62.9. The van der Waals surface area contributed by atoms with Crippen LogP contribution in [0.3, 0.4) is 0 Å². The van der Waals surface area contributed by atoms with Crippen LogP contribution in [0.2, 0.25) is 0 Å². The third kappa shape index (κ3) is 64.1. The average Bonchev–Trinajstić information content (AvgIpc) is 3.68. The van der Waals surface area contributed by atoms with E-state index >= 15 is 0 Å². The number of phosphoric acid groups is 2. The lowest BCUT2D eigenvalue weighted by Crippen LogP contribution is -2.30. The van der Waals surface area contributed by atoms with Gasteiger partial charge in [0.25, 0.3) is 0 Å². The molecule has 16 nitrogen and oxygen atoms in total. The Kier molecular flexibility index (Phi) is 60.5. The van der Waals surface area contributed by atoms with Crippen molar-refractivity contribution >= 4 is 33.6 Å². The summed E-state index contributed by atoms with van der Waals surface area (Å²) in [6.45, 7) is 2.50. The summed E-state index contributed by atoms with van der Waals surface area (Å²) in [4.78, 5) is 58.3. The van der Waals surface area contributed by atoms with Crippen LogP contribution in [0.4, 0.5) is 0 Å². The van der Waals surface area contributed by atoms with Crippen LogP contribution >= 0.6 is 15.6 Å². The molecule has 0 amide bonds. The fraction of sp³-hybridized carbons (Fsp3) is 0.754. The van der Waals surface area contributed by atoms with Crippen molar-refractivity contribution in [2.24, 2.45) is 0 Å². The van der Waals surface area contributed by atoms with Gasteiger partial charge in [-0.25, -0.2) is 9.13 Å². The van der Waals surface area contributed by atoms with E-state index < -0.39 is 91.5 Å². The number of carbonyl (C=O) groups excluding carboxylic acids is 3. The van der Waals surface area contributed by atoms with Gasteiger partial charge >= 0.3 is 33.6 Å². The third-order valence-electron chi connectivity index (χ3n) is 14.1. The molecule has 18 heteroatoms. The molecule has 0 bridgehead atoms. The van der Waals surface area contributed by atoms with Crippen LogP contribution in [0, 0.1) is 0 Å². The van der Waals surface area contributed by atoms with Gasteiger partial charge in [0.1, 0.15) is 25.4 Å². The molecule has 0 saturated heterocycles. The number of unbranched alkanes of at least 4 members (excludes halogenated alkanes) is 27. The van der Waals surface area contributed by atoms with Gasteiger partial charge in [0.15, 0.2) is 6.10 Å². The van der Waals surface area contributed by atoms with Gasteiger partial charge in [-0.2, -0.15) is 0 Å². The second-order valence-electron chi connectivity index (χ2n) is 22.6. The Morgan fingerprint density at radius 1 is 0.333 bits per heavy atom. The van der Waals surface area contributed by atoms with Gasteiger partial charge in [-0.1, -0.05) is 228 Å². The SMILES string of the molecule is CC/C=C\C/C=C\C/C=C\CCCCCCCCCC(=O)OCC(COP(=O)(O)OCC(O)COP(=O)(O)OCC(O)COC(=O)CCCCCCCC/C=C\C/C=C\C/C=C\CCCCC)OC(=O)CCCCCCC/C=C\CCCCCCCC. The molecule has 0 aromatic carbocycles. The van der Waals surface area contributed by atoms with Crippen molar-refractivity contribution in [1.29, 1.82) is 0 Å². The van der Waals surface area contributed by atoms with Crippen molar-refractivity contribution in [3.63, 3.8) is 0 Å². The molecule has 0 rings (SSSR count). The zero-order valence-corrected chi connectivity index (χ0v) is 56.2. The number of allylic oxidation sites excluding steroid dienone is 14. The lowest BCUT2D eigenvalue weighted by molar-refractivity contribution is -0.161. The summed E-state index contributed by atoms with van der Waals surface area (Å²) in [5, 5.41) is 20.5. The zero-order valence-electron chi connectivity index (χ0n) is 54.4. The van der Waals surface area contributed by atoms with Crippen molar-refractivity contribution in [3.05, 3.63) is 85.1 Å². The average molecular weight is 1270 g/mol. The van der Waals surface area contributed by atoms with Crippen LogP contribution in [-0.4, -0.2) is 95.9 Å². The maximum Gasteiger partial charge on any atom is 0.472 e. The molecule has 0 aromatic heterocycles. The smallest absolute Gasteiger partial charge is 0.463 e. The minimum absolute atomic E-state index is 0.0925. The second-order valence-corrected chi connectivity index (χ2v) is 25.5. The highest BCUT2D eigenvalue weighted by atomic mass is 31.2. The predicted molar refractivity (Wildman–Crippen MR) is 353 cm³/mol. The number of hydrogen-bond donors (Lipinski definition) is 4. The molecular weight excluding hydrogens is 1150 g/mol. The summed E-state index contributed by atoms with van der Waals surface area (Å²) in [5.41, 5.74) is 0. The quantitative estimate of drug-likeness (QED) is 0.0146. The van der Waals surface area contributed by atoms with Gasteiger partial charge in [0.2, 0.25) is 0 Å². The van der Waals surface area contributed by atoms with Gasteiger partial charge in [-0.05, 0) is 116 Å². The summed E-state index contributed by atoms with van der Waals surface area (Å²) >= 11 is 0.